The molecule has 1 fully saturated rings. The summed E-state index contributed by atoms with van der Waals surface area (Å²) in [4.78, 5) is 37.3. The van der Waals surface area contributed by atoms with Gasteiger partial charge in [0.1, 0.15) is 0 Å². The second-order valence-corrected chi connectivity index (χ2v) is 7.64. The number of carbonyl (C=O) groups excluding carboxylic acids is 3. The van der Waals surface area contributed by atoms with Crippen molar-refractivity contribution in [2.24, 2.45) is 5.92 Å². The van der Waals surface area contributed by atoms with E-state index in [9.17, 15) is 14.4 Å². The number of aromatic nitrogens is 2. The molecule has 1 aromatic heterocycles. The van der Waals surface area contributed by atoms with Crippen LogP contribution in [0.2, 0.25) is 0 Å². The second-order valence-electron chi connectivity index (χ2n) is 5.44. The summed E-state index contributed by atoms with van der Waals surface area (Å²) < 4.78 is 10.4. The summed E-state index contributed by atoms with van der Waals surface area (Å²) in [5, 5.41) is 10.6. The molecule has 1 N–H and O–H groups in total. The normalized spacial score (nSPS) is 16.8. The van der Waals surface area contributed by atoms with Gasteiger partial charge >= 0.3 is 12.1 Å². The van der Waals surface area contributed by atoms with Gasteiger partial charge in [-0.15, -0.1) is 10.2 Å². The number of anilines is 1. The molecule has 0 radical (unpaired) electrons. The predicted molar refractivity (Wildman–Crippen MR) is 97.2 cm³/mol. The number of hydrogen-bond donors (Lipinski definition) is 1. The van der Waals surface area contributed by atoms with E-state index in [1.54, 1.807) is 18.7 Å². The van der Waals surface area contributed by atoms with Crippen LogP contribution in [0.25, 0.3) is 0 Å². The summed E-state index contributed by atoms with van der Waals surface area (Å²) >= 11 is 2.42. The Morgan fingerprint density at radius 2 is 2.04 bits per heavy atom. The zero-order chi connectivity index (χ0) is 18.9. The molecule has 0 bridgehead atoms. The summed E-state index contributed by atoms with van der Waals surface area (Å²) in [6.45, 7) is 5.12. The SMILES string of the molecule is CCOC(=O)Nc1nnc(SCC(=O)N2CCCC(C(=O)OCC)C2)s1. The molecule has 11 heteroatoms. The molecule has 2 amide bonds. The highest BCUT2D eigenvalue weighted by molar-refractivity contribution is 8.01. The number of carbonyl (C=O) groups is 3. The lowest BCUT2D eigenvalue weighted by Gasteiger charge is -2.31. The molecule has 0 aromatic carbocycles. The van der Waals surface area contributed by atoms with Gasteiger partial charge in [-0.2, -0.15) is 0 Å². The van der Waals surface area contributed by atoms with Crippen LogP contribution >= 0.6 is 23.1 Å². The van der Waals surface area contributed by atoms with Crippen molar-refractivity contribution in [2.45, 2.75) is 31.0 Å². The summed E-state index contributed by atoms with van der Waals surface area (Å²) in [6.07, 6.45) is 0.941. The van der Waals surface area contributed by atoms with Gasteiger partial charge < -0.3 is 14.4 Å². The van der Waals surface area contributed by atoms with Crippen LogP contribution in [0.4, 0.5) is 9.93 Å². The standard InChI is InChI=1S/C15H22N4O5S2/c1-3-23-12(21)10-6-5-7-19(8-10)11(20)9-25-15-18-17-13(26-15)16-14(22)24-4-2/h10H,3-9H2,1-2H3,(H,16,17,22). The van der Waals surface area contributed by atoms with Crippen molar-refractivity contribution in [3.05, 3.63) is 0 Å². The summed E-state index contributed by atoms with van der Waals surface area (Å²) in [5.74, 6) is -0.348. The van der Waals surface area contributed by atoms with Crippen LogP contribution in [-0.4, -0.2) is 65.1 Å². The van der Waals surface area contributed by atoms with Crippen molar-refractivity contribution in [1.82, 2.24) is 15.1 Å². The van der Waals surface area contributed by atoms with Crippen molar-refractivity contribution in [1.29, 1.82) is 0 Å². The number of nitrogens with zero attached hydrogens (tertiary/aromatic N) is 3. The molecule has 0 saturated carbocycles. The Kier molecular flexibility index (Phi) is 8.10. The minimum absolute atomic E-state index is 0.0564. The maximum absolute atomic E-state index is 12.4. The van der Waals surface area contributed by atoms with E-state index in [0.717, 1.165) is 12.8 Å². The van der Waals surface area contributed by atoms with E-state index < -0.39 is 6.09 Å². The fourth-order valence-corrected chi connectivity index (χ4v) is 4.08. The van der Waals surface area contributed by atoms with Crippen molar-refractivity contribution in [2.75, 3.05) is 37.4 Å². The van der Waals surface area contributed by atoms with E-state index in [4.69, 9.17) is 9.47 Å². The van der Waals surface area contributed by atoms with Crippen molar-refractivity contribution < 1.29 is 23.9 Å². The van der Waals surface area contributed by atoms with Gasteiger partial charge in [-0.05, 0) is 26.7 Å². The van der Waals surface area contributed by atoms with Crippen LogP contribution < -0.4 is 5.32 Å². The van der Waals surface area contributed by atoms with E-state index in [0.29, 0.717) is 29.2 Å². The molecule has 1 atom stereocenters. The number of thioether (sulfide) groups is 1. The molecule has 1 aromatic rings. The maximum Gasteiger partial charge on any atom is 0.413 e. The lowest BCUT2D eigenvalue weighted by Crippen LogP contribution is -2.43. The molecule has 26 heavy (non-hydrogen) atoms. The molecule has 1 unspecified atom stereocenters. The number of hydrogen-bond acceptors (Lipinski definition) is 9. The Morgan fingerprint density at radius 1 is 1.27 bits per heavy atom. The van der Waals surface area contributed by atoms with Gasteiger partial charge in [-0.1, -0.05) is 23.1 Å². The highest BCUT2D eigenvalue weighted by Gasteiger charge is 2.29. The molecule has 1 aliphatic heterocycles. The number of nitrogens with one attached hydrogen (secondary N) is 1. The fraction of sp³-hybridized carbons (Fsp3) is 0.667. The highest BCUT2D eigenvalue weighted by atomic mass is 32.2. The molecular formula is C15H22N4O5S2. The van der Waals surface area contributed by atoms with E-state index in [-0.39, 0.29) is 30.2 Å². The Hall–Kier alpha value is -1.88. The molecule has 9 nitrogen and oxygen atoms in total. The number of esters is 1. The van der Waals surface area contributed by atoms with Gasteiger partial charge in [0.25, 0.3) is 0 Å². The first-order valence-corrected chi connectivity index (χ1v) is 10.2. The van der Waals surface area contributed by atoms with Crippen LogP contribution in [-0.2, 0) is 19.1 Å². The third-order valence-electron chi connectivity index (χ3n) is 3.60. The van der Waals surface area contributed by atoms with Gasteiger partial charge in [-0.25, -0.2) is 4.79 Å². The molecule has 2 heterocycles. The topological polar surface area (TPSA) is 111 Å². The number of rotatable bonds is 7. The summed E-state index contributed by atoms with van der Waals surface area (Å²) in [7, 11) is 0. The second kappa shape index (κ2) is 10.3. The van der Waals surface area contributed by atoms with Crippen LogP contribution in [0.15, 0.2) is 4.34 Å². The van der Waals surface area contributed by atoms with E-state index >= 15 is 0 Å². The largest absolute Gasteiger partial charge is 0.466 e. The predicted octanol–water partition coefficient (Wildman–Crippen LogP) is 2.00. The number of ether oxygens (including phenoxy) is 2. The smallest absolute Gasteiger partial charge is 0.413 e. The molecule has 1 saturated heterocycles. The van der Waals surface area contributed by atoms with Crippen molar-refractivity contribution in [3.63, 3.8) is 0 Å². The molecule has 0 spiro atoms. The van der Waals surface area contributed by atoms with Gasteiger partial charge in [-0.3, -0.25) is 14.9 Å². The molecule has 1 aliphatic rings. The lowest BCUT2D eigenvalue weighted by atomic mass is 9.98. The maximum atomic E-state index is 12.4. The monoisotopic (exact) mass is 402 g/mol. The van der Waals surface area contributed by atoms with Crippen LogP contribution in [0.1, 0.15) is 26.7 Å². The number of likely N-dealkylation sites (tertiary alicyclic amines) is 1. The Balaban J connectivity index is 1.80. The number of piperidine rings is 1. The zero-order valence-corrected chi connectivity index (χ0v) is 16.4. The van der Waals surface area contributed by atoms with Crippen LogP contribution in [0.3, 0.4) is 0 Å². The first-order chi connectivity index (χ1) is 12.5. The quantitative estimate of drug-likeness (QED) is 0.419. The first kappa shape index (κ1) is 20.4. The average Bonchev–Trinajstić information content (AvgIpc) is 3.07. The first-order valence-electron chi connectivity index (χ1n) is 8.38. The minimum Gasteiger partial charge on any atom is -0.466 e. The average molecular weight is 402 g/mol. The lowest BCUT2D eigenvalue weighted by molar-refractivity contribution is -0.151. The molecule has 2 rings (SSSR count). The van der Waals surface area contributed by atoms with Crippen molar-refractivity contribution >= 4 is 46.2 Å². The van der Waals surface area contributed by atoms with E-state index in [2.05, 4.69) is 15.5 Å². The van der Waals surface area contributed by atoms with E-state index in [1.807, 2.05) is 0 Å². The third kappa shape index (κ3) is 6.13. The van der Waals surface area contributed by atoms with Crippen molar-refractivity contribution in [3.8, 4) is 0 Å². The summed E-state index contributed by atoms with van der Waals surface area (Å²) in [6, 6.07) is 0. The van der Waals surface area contributed by atoms with Crippen LogP contribution in [0, 0.1) is 5.92 Å². The van der Waals surface area contributed by atoms with Gasteiger partial charge in [0.05, 0.1) is 24.9 Å². The van der Waals surface area contributed by atoms with Crippen LogP contribution in [0.5, 0.6) is 0 Å². The highest BCUT2D eigenvalue weighted by Crippen LogP contribution is 2.26. The molecule has 0 aliphatic carbocycles. The third-order valence-corrected chi connectivity index (χ3v) is 5.56. The minimum atomic E-state index is -0.588. The van der Waals surface area contributed by atoms with Gasteiger partial charge in [0.2, 0.25) is 11.0 Å². The van der Waals surface area contributed by atoms with Gasteiger partial charge in [0.15, 0.2) is 4.34 Å². The summed E-state index contributed by atoms with van der Waals surface area (Å²) in [5.41, 5.74) is 0. The Morgan fingerprint density at radius 3 is 2.77 bits per heavy atom. The Labute approximate surface area is 159 Å². The number of amides is 2. The fourth-order valence-electron chi connectivity index (χ4n) is 2.44. The zero-order valence-electron chi connectivity index (χ0n) is 14.7. The van der Waals surface area contributed by atoms with Gasteiger partial charge in [0, 0.05) is 13.1 Å². The Bertz CT molecular complexity index is 639. The molecule has 144 valence electrons. The van der Waals surface area contributed by atoms with E-state index in [1.165, 1.54) is 23.1 Å². The molecular weight excluding hydrogens is 380 g/mol.